The largest absolute Gasteiger partial charge is 0.478 e. The first-order chi connectivity index (χ1) is 6.99. The van der Waals surface area contributed by atoms with Crippen LogP contribution in [0.3, 0.4) is 0 Å². The summed E-state index contributed by atoms with van der Waals surface area (Å²) in [6.07, 6.45) is 3.59. The predicted octanol–water partition coefficient (Wildman–Crippen LogP) is 0.822. The molecular formula is C8H9N3O4. The van der Waals surface area contributed by atoms with Crippen molar-refractivity contribution in [1.82, 2.24) is 9.55 Å². The lowest BCUT2D eigenvalue weighted by atomic mass is 10.3. The zero-order valence-corrected chi connectivity index (χ0v) is 7.95. The number of carbonyl (C=O) groups is 1. The molecule has 0 aliphatic heterocycles. The number of hydrogen-bond acceptors (Lipinski definition) is 4. The quantitative estimate of drug-likeness (QED) is 0.451. The van der Waals surface area contributed by atoms with Gasteiger partial charge in [0.15, 0.2) is 0 Å². The van der Waals surface area contributed by atoms with Crippen LogP contribution in [-0.4, -0.2) is 25.6 Å². The summed E-state index contributed by atoms with van der Waals surface area (Å²) in [5.74, 6) is -1.29. The fraction of sp³-hybridized carbons (Fsp3) is 0.250. The van der Waals surface area contributed by atoms with E-state index in [-0.39, 0.29) is 12.4 Å². The van der Waals surface area contributed by atoms with Crippen molar-refractivity contribution in [1.29, 1.82) is 0 Å². The molecule has 15 heavy (non-hydrogen) atoms. The number of carboxylic acid groups (broad SMARTS) is 1. The van der Waals surface area contributed by atoms with Gasteiger partial charge in [0.25, 0.3) is 0 Å². The van der Waals surface area contributed by atoms with Gasteiger partial charge in [-0.25, -0.2) is 4.79 Å². The summed E-state index contributed by atoms with van der Waals surface area (Å²) >= 11 is 0. The topological polar surface area (TPSA) is 98.3 Å². The molecule has 0 atom stereocenters. The van der Waals surface area contributed by atoms with Crippen LogP contribution in [0, 0.1) is 10.1 Å². The van der Waals surface area contributed by atoms with E-state index >= 15 is 0 Å². The minimum Gasteiger partial charge on any atom is -0.478 e. The van der Waals surface area contributed by atoms with Gasteiger partial charge in [-0.2, -0.15) is 0 Å². The van der Waals surface area contributed by atoms with E-state index in [4.69, 9.17) is 5.11 Å². The number of allylic oxidation sites excluding steroid dienone is 1. The van der Waals surface area contributed by atoms with E-state index in [0.29, 0.717) is 5.57 Å². The fourth-order valence-electron chi connectivity index (χ4n) is 1.07. The molecule has 1 aromatic rings. The highest BCUT2D eigenvalue weighted by molar-refractivity contribution is 5.80. The van der Waals surface area contributed by atoms with Gasteiger partial charge in [0, 0.05) is 12.6 Å². The van der Waals surface area contributed by atoms with E-state index in [1.807, 2.05) is 0 Å². The molecule has 0 saturated carbocycles. The Hall–Kier alpha value is -2.18. The Balaban J connectivity index is 2.73. The molecule has 7 nitrogen and oxygen atoms in total. The van der Waals surface area contributed by atoms with Crippen LogP contribution in [0.5, 0.6) is 0 Å². The molecule has 1 aromatic heterocycles. The summed E-state index contributed by atoms with van der Waals surface area (Å²) in [5, 5.41) is 18.7. The summed E-state index contributed by atoms with van der Waals surface area (Å²) in [5.41, 5.74) is 0.579. The second-order valence-corrected chi connectivity index (χ2v) is 2.99. The lowest BCUT2D eigenvalue weighted by Crippen LogP contribution is -1.98. The van der Waals surface area contributed by atoms with Gasteiger partial charge < -0.3 is 19.8 Å². The summed E-state index contributed by atoms with van der Waals surface area (Å²) in [7, 11) is 0. The highest BCUT2D eigenvalue weighted by Crippen LogP contribution is 2.07. The van der Waals surface area contributed by atoms with Gasteiger partial charge in [0.1, 0.15) is 6.20 Å². The maximum Gasteiger partial charge on any atom is 0.381 e. The molecule has 80 valence electrons. The van der Waals surface area contributed by atoms with Crippen LogP contribution in [0.1, 0.15) is 6.92 Å². The number of nitro groups is 1. The second-order valence-electron chi connectivity index (χ2n) is 2.99. The number of rotatable bonds is 4. The van der Waals surface area contributed by atoms with Gasteiger partial charge in [0.2, 0.25) is 6.33 Å². The molecule has 0 aliphatic carbocycles. The van der Waals surface area contributed by atoms with Crippen LogP contribution in [0.25, 0.3) is 0 Å². The number of aromatic nitrogens is 2. The third-order valence-electron chi connectivity index (χ3n) is 1.61. The van der Waals surface area contributed by atoms with E-state index < -0.39 is 10.9 Å². The monoisotopic (exact) mass is 211 g/mol. The molecule has 1 heterocycles. The average molecular weight is 211 g/mol. The summed E-state index contributed by atoms with van der Waals surface area (Å²) in [4.78, 5) is 23.5. The standard InChI is InChI=1S/C8H9N3O4/c1-6(2-8(12)13)3-10-4-7(9-5-10)11(14)15/h2,4-5H,3H2,1H3,(H,12,13). The van der Waals surface area contributed by atoms with E-state index in [0.717, 1.165) is 6.08 Å². The summed E-state index contributed by atoms with van der Waals surface area (Å²) < 4.78 is 1.45. The minimum atomic E-state index is -1.04. The van der Waals surface area contributed by atoms with Gasteiger partial charge in [-0.1, -0.05) is 0 Å². The molecule has 7 heteroatoms. The molecule has 0 amide bonds. The van der Waals surface area contributed by atoms with E-state index in [2.05, 4.69) is 4.98 Å². The van der Waals surface area contributed by atoms with Crippen LogP contribution in [0.15, 0.2) is 24.2 Å². The van der Waals surface area contributed by atoms with Crippen molar-refractivity contribution in [2.45, 2.75) is 13.5 Å². The maximum atomic E-state index is 10.3. The lowest BCUT2D eigenvalue weighted by Gasteiger charge is -1.98. The Morgan fingerprint density at radius 2 is 2.47 bits per heavy atom. The Morgan fingerprint density at radius 1 is 1.80 bits per heavy atom. The zero-order chi connectivity index (χ0) is 11.4. The van der Waals surface area contributed by atoms with Crippen molar-refractivity contribution >= 4 is 11.8 Å². The van der Waals surface area contributed by atoms with Crippen LogP contribution < -0.4 is 0 Å². The van der Waals surface area contributed by atoms with E-state index in [1.54, 1.807) is 6.92 Å². The molecule has 0 fully saturated rings. The average Bonchev–Trinajstić information content (AvgIpc) is 2.50. The first kappa shape index (κ1) is 10.9. The molecule has 0 aromatic carbocycles. The van der Waals surface area contributed by atoms with Crippen molar-refractivity contribution in [3.8, 4) is 0 Å². The van der Waals surface area contributed by atoms with Gasteiger partial charge in [-0.05, 0) is 22.4 Å². The number of aliphatic carboxylic acids is 1. The van der Waals surface area contributed by atoms with Crippen LogP contribution in [0.2, 0.25) is 0 Å². The van der Waals surface area contributed by atoms with E-state index in [9.17, 15) is 14.9 Å². The third kappa shape index (κ3) is 3.22. The van der Waals surface area contributed by atoms with Crippen molar-refractivity contribution in [3.63, 3.8) is 0 Å². The van der Waals surface area contributed by atoms with Gasteiger partial charge >= 0.3 is 11.8 Å². The minimum absolute atomic E-state index is 0.252. The zero-order valence-electron chi connectivity index (χ0n) is 7.95. The van der Waals surface area contributed by atoms with Crippen molar-refractivity contribution in [3.05, 3.63) is 34.3 Å². The van der Waals surface area contributed by atoms with Crippen molar-refractivity contribution in [2.24, 2.45) is 0 Å². The highest BCUT2D eigenvalue weighted by atomic mass is 16.6. The third-order valence-corrected chi connectivity index (χ3v) is 1.61. The summed E-state index contributed by atoms with van der Waals surface area (Å²) in [6, 6.07) is 0. The van der Waals surface area contributed by atoms with Gasteiger partial charge in [-0.3, -0.25) is 0 Å². The normalized spacial score (nSPS) is 11.4. The first-order valence-corrected chi connectivity index (χ1v) is 4.05. The van der Waals surface area contributed by atoms with Crippen LogP contribution >= 0.6 is 0 Å². The van der Waals surface area contributed by atoms with Gasteiger partial charge in [0.05, 0.1) is 0 Å². The highest BCUT2D eigenvalue weighted by Gasteiger charge is 2.09. The molecule has 0 radical (unpaired) electrons. The Labute approximate surface area is 84.8 Å². The van der Waals surface area contributed by atoms with Crippen molar-refractivity contribution in [2.75, 3.05) is 0 Å². The predicted molar refractivity (Wildman–Crippen MR) is 50.3 cm³/mol. The molecule has 1 N–H and O–H groups in total. The Bertz CT molecular complexity index is 421. The molecule has 0 unspecified atom stereocenters. The fourth-order valence-corrected chi connectivity index (χ4v) is 1.07. The van der Waals surface area contributed by atoms with Crippen LogP contribution in [-0.2, 0) is 11.3 Å². The van der Waals surface area contributed by atoms with Crippen LogP contribution in [0.4, 0.5) is 5.82 Å². The van der Waals surface area contributed by atoms with Gasteiger partial charge in [-0.15, -0.1) is 0 Å². The number of nitrogens with zero attached hydrogens (tertiary/aromatic N) is 3. The summed E-state index contributed by atoms with van der Waals surface area (Å²) in [6.45, 7) is 1.90. The Morgan fingerprint density at radius 3 is 2.93 bits per heavy atom. The number of imidazole rings is 1. The van der Waals surface area contributed by atoms with E-state index in [1.165, 1.54) is 17.1 Å². The smallest absolute Gasteiger partial charge is 0.381 e. The molecule has 0 saturated heterocycles. The maximum absolute atomic E-state index is 10.3. The molecule has 0 spiro atoms. The number of hydrogen-bond donors (Lipinski definition) is 1. The lowest BCUT2D eigenvalue weighted by molar-refractivity contribution is -0.389. The first-order valence-electron chi connectivity index (χ1n) is 4.05. The number of carboxylic acids is 1. The van der Waals surface area contributed by atoms with Crippen molar-refractivity contribution < 1.29 is 14.8 Å². The molecule has 1 rings (SSSR count). The molecule has 0 bridgehead atoms. The SMILES string of the molecule is CC(=CC(=O)O)Cn1cnc([N+](=O)[O-])c1. The second kappa shape index (κ2) is 4.36. The molecule has 0 aliphatic rings. The Kier molecular flexibility index (Phi) is 3.17. The molecular weight excluding hydrogens is 202 g/mol.